The molecule has 0 spiro atoms. The molecule has 1 aromatic rings. The van der Waals surface area contributed by atoms with E-state index in [0.717, 1.165) is 18.3 Å². The Kier molecular flexibility index (Phi) is 3.34. The van der Waals surface area contributed by atoms with Crippen molar-refractivity contribution in [2.45, 2.75) is 51.1 Å². The second-order valence-electron chi connectivity index (χ2n) is 5.30. The Balaban J connectivity index is 1.65. The Bertz CT molecular complexity index is 372. The highest BCUT2D eigenvalue weighted by molar-refractivity contribution is 7.13. The molecule has 1 saturated carbocycles. The van der Waals surface area contributed by atoms with Crippen molar-refractivity contribution >= 4 is 16.5 Å². The van der Waals surface area contributed by atoms with Gasteiger partial charge in [0.15, 0.2) is 5.13 Å². The zero-order valence-corrected chi connectivity index (χ0v) is 11.3. The van der Waals surface area contributed by atoms with Crippen LogP contribution in [0.2, 0.25) is 0 Å². The van der Waals surface area contributed by atoms with E-state index in [1.807, 2.05) is 0 Å². The molecule has 1 unspecified atom stereocenters. The summed E-state index contributed by atoms with van der Waals surface area (Å²) in [6.45, 7) is 4.41. The molecule has 1 aromatic heterocycles. The van der Waals surface area contributed by atoms with Crippen molar-refractivity contribution in [3.63, 3.8) is 0 Å². The Labute approximate surface area is 107 Å². The van der Waals surface area contributed by atoms with E-state index in [-0.39, 0.29) is 0 Å². The predicted molar refractivity (Wildman–Crippen MR) is 72.9 cm³/mol. The maximum Gasteiger partial charge on any atom is 0.185 e. The highest BCUT2D eigenvalue weighted by atomic mass is 32.1. The summed E-state index contributed by atoms with van der Waals surface area (Å²) in [6.07, 6.45) is 6.76. The van der Waals surface area contributed by atoms with Crippen LogP contribution in [0.25, 0.3) is 0 Å². The first-order valence-corrected chi connectivity index (χ1v) is 7.63. The molecule has 0 aromatic carbocycles. The van der Waals surface area contributed by atoms with E-state index in [9.17, 15) is 0 Å². The molecule has 1 saturated heterocycles. The van der Waals surface area contributed by atoms with Crippen molar-refractivity contribution in [1.82, 2.24) is 10.3 Å². The van der Waals surface area contributed by atoms with E-state index in [0.29, 0.717) is 6.04 Å². The molecular formula is C13H21N3S. The molecule has 3 rings (SSSR count). The first-order valence-electron chi connectivity index (χ1n) is 6.75. The summed E-state index contributed by atoms with van der Waals surface area (Å²) >= 11 is 1.80. The average molecular weight is 251 g/mol. The number of anilines is 1. The van der Waals surface area contributed by atoms with Gasteiger partial charge in [-0.2, -0.15) is 0 Å². The fourth-order valence-corrected chi connectivity index (χ4v) is 3.43. The number of hydrogen-bond donors (Lipinski definition) is 1. The molecule has 1 aliphatic heterocycles. The summed E-state index contributed by atoms with van der Waals surface area (Å²) in [4.78, 5) is 7.17. The third-order valence-corrected chi connectivity index (χ3v) is 4.69. The largest absolute Gasteiger partial charge is 0.344 e. The molecule has 17 heavy (non-hydrogen) atoms. The van der Waals surface area contributed by atoms with Crippen LogP contribution in [0.5, 0.6) is 0 Å². The number of nitrogens with zero attached hydrogens (tertiary/aromatic N) is 2. The quantitative estimate of drug-likeness (QED) is 0.891. The van der Waals surface area contributed by atoms with Gasteiger partial charge in [-0.1, -0.05) is 0 Å². The van der Waals surface area contributed by atoms with Crippen LogP contribution in [0.15, 0.2) is 5.38 Å². The highest BCUT2D eigenvalue weighted by Gasteiger charge is 2.27. The minimum atomic E-state index is 0.662. The van der Waals surface area contributed by atoms with Crippen LogP contribution < -0.4 is 10.2 Å². The van der Waals surface area contributed by atoms with E-state index >= 15 is 0 Å². The Morgan fingerprint density at radius 3 is 3.00 bits per heavy atom. The van der Waals surface area contributed by atoms with E-state index in [1.54, 1.807) is 11.3 Å². The van der Waals surface area contributed by atoms with Gasteiger partial charge in [0.1, 0.15) is 0 Å². The maximum atomic E-state index is 4.64. The number of thiazole rings is 1. The fourth-order valence-electron chi connectivity index (χ4n) is 2.53. The molecule has 1 N–H and O–H groups in total. The smallest absolute Gasteiger partial charge is 0.185 e. The molecular weight excluding hydrogens is 230 g/mol. The first-order chi connectivity index (χ1) is 8.33. The second kappa shape index (κ2) is 4.94. The molecule has 2 aliphatic rings. The van der Waals surface area contributed by atoms with E-state index in [2.05, 4.69) is 27.5 Å². The molecule has 4 heteroatoms. The van der Waals surface area contributed by atoms with Crippen molar-refractivity contribution in [2.24, 2.45) is 0 Å². The monoisotopic (exact) mass is 251 g/mol. The van der Waals surface area contributed by atoms with Crippen molar-refractivity contribution in [2.75, 3.05) is 18.0 Å². The lowest BCUT2D eigenvalue weighted by atomic mass is 10.0. The maximum absolute atomic E-state index is 4.64. The SMILES string of the molecule is Cc1csc(N2CCCCC2CNC2CC2)n1. The Hall–Kier alpha value is -0.610. The van der Waals surface area contributed by atoms with Gasteiger partial charge in [-0.15, -0.1) is 11.3 Å². The highest BCUT2D eigenvalue weighted by Crippen LogP contribution is 2.28. The van der Waals surface area contributed by atoms with Crippen LogP contribution in [0.1, 0.15) is 37.8 Å². The number of aromatic nitrogens is 1. The summed E-state index contributed by atoms with van der Waals surface area (Å²) in [7, 11) is 0. The van der Waals surface area contributed by atoms with Crippen LogP contribution in [-0.2, 0) is 0 Å². The molecule has 0 bridgehead atoms. The van der Waals surface area contributed by atoms with Gasteiger partial charge in [0, 0.05) is 30.6 Å². The van der Waals surface area contributed by atoms with Crippen LogP contribution in [-0.4, -0.2) is 30.2 Å². The zero-order chi connectivity index (χ0) is 11.7. The second-order valence-corrected chi connectivity index (χ2v) is 6.13. The summed E-state index contributed by atoms with van der Waals surface area (Å²) < 4.78 is 0. The van der Waals surface area contributed by atoms with Gasteiger partial charge in [-0.3, -0.25) is 0 Å². The minimum absolute atomic E-state index is 0.662. The summed E-state index contributed by atoms with van der Waals surface area (Å²) in [5.74, 6) is 0. The summed E-state index contributed by atoms with van der Waals surface area (Å²) in [5.41, 5.74) is 1.16. The predicted octanol–water partition coefficient (Wildman–Crippen LogP) is 2.56. The Morgan fingerprint density at radius 1 is 1.41 bits per heavy atom. The van der Waals surface area contributed by atoms with Crippen LogP contribution in [0, 0.1) is 6.92 Å². The van der Waals surface area contributed by atoms with Gasteiger partial charge in [0.25, 0.3) is 0 Å². The number of hydrogen-bond acceptors (Lipinski definition) is 4. The molecule has 2 heterocycles. The molecule has 2 fully saturated rings. The molecule has 1 atom stereocenters. The van der Waals surface area contributed by atoms with Gasteiger partial charge >= 0.3 is 0 Å². The van der Waals surface area contributed by atoms with Gasteiger partial charge in [0.05, 0.1) is 5.69 Å². The van der Waals surface area contributed by atoms with Crippen molar-refractivity contribution < 1.29 is 0 Å². The molecule has 1 aliphatic carbocycles. The van der Waals surface area contributed by atoms with Gasteiger partial charge < -0.3 is 10.2 Å². The fraction of sp³-hybridized carbons (Fsp3) is 0.769. The minimum Gasteiger partial charge on any atom is -0.344 e. The molecule has 94 valence electrons. The first kappa shape index (κ1) is 11.5. The zero-order valence-electron chi connectivity index (χ0n) is 10.5. The molecule has 0 amide bonds. The van der Waals surface area contributed by atoms with Gasteiger partial charge in [-0.25, -0.2) is 4.98 Å². The lowest BCUT2D eigenvalue weighted by Crippen LogP contribution is -2.46. The van der Waals surface area contributed by atoms with Crippen LogP contribution in [0.4, 0.5) is 5.13 Å². The van der Waals surface area contributed by atoms with Crippen molar-refractivity contribution in [1.29, 1.82) is 0 Å². The van der Waals surface area contributed by atoms with E-state index in [1.165, 1.54) is 43.8 Å². The normalized spacial score (nSPS) is 25.2. The topological polar surface area (TPSA) is 28.2 Å². The number of aryl methyl sites for hydroxylation is 1. The number of nitrogens with one attached hydrogen (secondary N) is 1. The van der Waals surface area contributed by atoms with Gasteiger partial charge in [-0.05, 0) is 39.0 Å². The van der Waals surface area contributed by atoms with Gasteiger partial charge in [0.2, 0.25) is 0 Å². The van der Waals surface area contributed by atoms with Crippen molar-refractivity contribution in [3.8, 4) is 0 Å². The average Bonchev–Trinajstić information content (AvgIpc) is 3.08. The van der Waals surface area contributed by atoms with Crippen molar-refractivity contribution in [3.05, 3.63) is 11.1 Å². The van der Waals surface area contributed by atoms with E-state index in [4.69, 9.17) is 0 Å². The lowest BCUT2D eigenvalue weighted by molar-refractivity contribution is 0.434. The number of piperidine rings is 1. The lowest BCUT2D eigenvalue weighted by Gasteiger charge is -2.35. The standard InChI is InChI=1S/C13H21N3S/c1-10-9-17-13(15-10)16-7-3-2-4-12(16)8-14-11-5-6-11/h9,11-12,14H,2-8H2,1H3. The van der Waals surface area contributed by atoms with Crippen LogP contribution >= 0.6 is 11.3 Å². The number of rotatable bonds is 4. The molecule has 0 radical (unpaired) electrons. The van der Waals surface area contributed by atoms with Crippen LogP contribution in [0.3, 0.4) is 0 Å². The Morgan fingerprint density at radius 2 is 2.29 bits per heavy atom. The third-order valence-electron chi connectivity index (χ3n) is 3.70. The third kappa shape index (κ3) is 2.80. The van der Waals surface area contributed by atoms with E-state index < -0.39 is 0 Å². The summed E-state index contributed by atoms with van der Waals surface area (Å²) in [6, 6.07) is 1.48. The molecule has 3 nitrogen and oxygen atoms in total. The summed E-state index contributed by atoms with van der Waals surface area (Å²) in [5, 5.41) is 7.06.